The summed E-state index contributed by atoms with van der Waals surface area (Å²) < 4.78 is 2.16. The number of para-hydroxylation sites is 1. The molecule has 0 saturated heterocycles. The fourth-order valence-electron chi connectivity index (χ4n) is 4.58. The molecule has 0 unspecified atom stereocenters. The van der Waals surface area contributed by atoms with Gasteiger partial charge in [0.2, 0.25) is 0 Å². The number of aliphatic hydroxyl groups is 2. The lowest BCUT2D eigenvalue weighted by Crippen LogP contribution is -2.50. The van der Waals surface area contributed by atoms with E-state index in [1.807, 2.05) is 18.2 Å². The number of aryl methyl sites for hydroxylation is 1. The van der Waals surface area contributed by atoms with E-state index in [-0.39, 0.29) is 0 Å². The lowest BCUT2D eigenvalue weighted by molar-refractivity contribution is 0.0375. The predicted molar refractivity (Wildman–Crippen MR) is 131 cm³/mol. The summed E-state index contributed by atoms with van der Waals surface area (Å²) in [5.74, 6) is -1.08. The fraction of sp³-hybridized carbons (Fsp3) is 0.192. The van der Waals surface area contributed by atoms with Crippen molar-refractivity contribution in [3.05, 3.63) is 77.5 Å². The number of carbonyl (C=O) groups excluding carboxylic acids is 2. The first-order valence-electron chi connectivity index (χ1n) is 11.1. The van der Waals surface area contributed by atoms with Crippen LogP contribution < -0.4 is 5.43 Å². The Morgan fingerprint density at radius 1 is 0.941 bits per heavy atom. The monoisotopic (exact) mass is 456 g/mol. The van der Waals surface area contributed by atoms with Crippen molar-refractivity contribution in [3.63, 3.8) is 0 Å². The van der Waals surface area contributed by atoms with E-state index < -0.39 is 31.1 Å². The van der Waals surface area contributed by atoms with Crippen LogP contribution in [-0.4, -0.2) is 57.0 Å². The van der Waals surface area contributed by atoms with Gasteiger partial charge in [0.15, 0.2) is 0 Å². The van der Waals surface area contributed by atoms with Gasteiger partial charge in [-0.15, -0.1) is 0 Å². The van der Waals surface area contributed by atoms with Crippen molar-refractivity contribution >= 4 is 45.4 Å². The highest BCUT2D eigenvalue weighted by atomic mass is 16.3. The Morgan fingerprint density at radius 2 is 1.65 bits per heavy atom. The number of hydrazone groups is 1. The van der Waals surface area contributed by atoms with Crippen LogP contribution >= 0.6 is 0 Å². The average molecular weight is 457 g/mol. The van der Waals surface area contributed by atoms with E-state index in [4.69, 9.17) is 0 Å². The highest BCUT2D eigenvalue weighted by Gasteiger charge is 2.37. The maximum atomic E-state index is 13.1. The number of nitrogens with zero attached hydrogens (tertiary/aromatic N) is 3. The Balaban J connectivity index is 1.52. The quantitative estimate of drug-likeness (QED) is 0.225. The van der Waals surface area contributed by atoms with E-state index in [9.17, 15) is 19.8 Å². The first kappa shape index (κ1) is 21.8. The van der Waals surface area contributed by atoms with E-state index in [1.54, 1.807) is 30.5 Å². The summed E-state index contributed by atoms with van der Waals surface area (Å²) in [4.78, 5) is 27.1. The zero-order chi connectivity index (χ0) is 23.8. The molecule has 0 fully saturated rings. The van der Waals surface area contributed by atoms with Gasteiger partial charge in [-0.2, -0.15) is 5.10 Å². The molecular formula is C26H24N4O4. The third kappa shape index (κ3) is 3.35. The molecule has 2 amide bonds. The molecule has 4 aromatic rings. The fourth-order valence-corrected chi connectivity index (χ4v) is 4.58. The van der Waals surface area contributed by atoms with Gasteiger partial charge in [-0.3, -0.25) is 19.9 Å². The minimum Gasteiger partial charge on any atom is -0.394 e. The van der Waals surface area contributed by atoms with E-state index >= 15 is 0 Å². The molecule has 1 aliphatic rings. The first-order valence-corrected chi connectivity index (χ1v) is 11.1. The Labute approximate surface area is 195 Å². The predicted octanol–water partition coefficient (Wildman–Crippen LogP) is 3.21. The van der Waals surface area contributed by atoms with Crippen molar-refractivity contribution < 1.29 is 19.8 Å². The third-order valence-corrected chi connectivity index (χ3v) is 6.27. The maximum Gasteiger partial charge on any atom is 0.261 e. The van der Waals surface area contributed by atoms with Crippen LogP contribution in [0.25, 0.3) is 21.7 Å². The van der Waals surface area contributed by atoms with Crippen molar-refractivity contribution in [3.8, 4) is 0 Å². The number of aliphatic hydroxyl groups excluding tert-OH is 2. The zero-order valence-electron chi connectivity index (χ0n) is 18.6. The molecule has 3 aromatic carbocycles. The van der Waals surface area contributed by atoms with Crippen LogP contribution in [-0.2, 0) is 6.54 Å². The molecule has 0 atom stereocenters. The second-order valence-corrected chi connectivity index (χ2v) is 8.15. The SMILES string of the molecule is CCn1cc(/C=N/Nc2ccc3c4c(cccc24)C(=O)N(C(CO)CO)C3=O)c2ccccc21. The molecule has 0 bridgehead atoms. The number of nitrogens with one attached hydrogen (secondary N) is 1. The lowest BCUT2D eigenvalue weighted by atomic mass is 9.92. The summed E-state index contributed by atoms with van der Waals surface area (Å²) in [7, 11) is 0. The standard InChI is InChI=1S/C26H24N4O4/c1-2-29-13-16(18-6-3-4-9-23(18)29)12-27-28-22-11-10-21-24-19(22)7-5-8-20(24)25(33)30(26(21)34)17(14-31)15-32/h3-13,17,28,31-32H,2,14-15H2,1H3/b27-12+. The molecule has 34 heavy (non-hydrogen) atoms. The van der Waals surface area contributed by atoms with Gasteiger partial charge in [0.05, 0.1) is 31.2 Å². The molecule has 5 rings (SSSR count). The van der Waals surface area contributed by atoms with Gasteiger partial charge >= 0.3 is 0 Å². The summed E-state index contributed by atoms with van der Waals surface area (Å²) in [5.41, 5.74) is 6.53. The number of fused-ring (bicyclic) bond motifs is 1. The number of hydrogen-bond donors (Lipinski definition) is 3. The smallest absolute Gasteiger partial charge is 0.261 e. The van der Waals surface area contributed by atoms with Gasteiger partial charge in [0, 0.05) is 51.1 Å². The van der Waals surface area contributed by atoms with Crippen molar-refractivity contribution in [2.75, 3.05) is 18.6 Å². The topological polar surface area (TPSA) is 107 Å². The van der Waals surface area contributed by atoms with Crippen LogP contribution in [0.3, 0.4) is 0 Å². The first-order chi connectivity index (χ1) is 16.6. The van der Waals surface area contributed by atoms with Gasteiger partial charge in [-0.1, -0.05) is 30.3 Å². The van der Waals surface area contributed by atoms with Crippen LogP contribution in [0.2, 0.25) is 0 Å². The largest absolute Gasteiger partial charge is 0.394 e. The van der Waals surface area contributed by atoms with E-state index in [0.717, 1.165) is 27.9 Å². The zero-order valence-corrected chi connectivity index (χ0v) is 18.6. The normalized spacial score (nSPS) is 13.7. The summed E-state index contributed by atoms with van der Waals surface area (Å²) in [6, 6.07) is 15.7. The lowest BCUT2D eigenvalue weighted by Gasteiger charge is -2.32. The van der Waals surface area contributed by atoms with E-state index in [1.165, 1.54) is 0 Å². The van der Waals surface area contributed by atoms with Crippen molar-refractivity contribution in [1.29, 1.82) is 0 Å². The van der Waals surface area contributed by atoms with Crippen LogP contribution in [0.4, 0.5) is 5.69 Å². The van der Waals surface area contributed by atoms with Gasteiger partial charge in [0.1, 0.15) is 0 Å². The molecule has 8 nitrogen and oxygen atoms in total. The number of aromatic nitrogens is 1. The molecule has 0 saturated carbocycles. The number of anilines is 1. The van der Waals surface area contributed by atoms with Crippen LogP contribution in [0.1, 0.15) is 33.2 Å². The van der Waals surface area contributed by atoms with Crippen LogP contribution in [0, 0.1) is 0 Å². The van der Waals surface area contributed by atoms with Crippen molar-refractivity contribution in [1.82, 2.24) is 9.47 Å². The summed E-state index contributed by atoms with van der Waals surface area (Å²) in [6.07, 6.45) is 3.81. The minimum atomic E-state index is -0.990. The number of amides is 2. The van der Waals surface area contributed by atoms with Gasteiger partial charge in [0.25, 0.3) is 11.8 Å². The van der Waals surface area contributed by atoms with Gasteiger partial charge < -0.3 is 14.8 Å². The van der Waals surface area contributed by atoms with E-state index in [2.05, 4.69) is 40.3 Å². The second kappa shape index (κ2) is 8.74. The average Bonchev–Trinajstić information content (AvgIpc) is 3.23. The number of hydrogen-bond acceptors (Lipinski definition) is 6. The van der Waals surface area contributed by atoms with Crippen molar-refractivity contribution in [2.24, 2.45) is 5.10 Å². The Bertz CT molecular complexity index is 1430. The molecule has 2 heterocycles. The molecule has 3 N–H and O–H groups in total. The molecular weight excluding hydrogens is 432 g/mol. The summed E-state index contributed by atoms with van der Waals surface area (Å²) >= 11 is 0. The molecule has 1 aliphatic heterocycles. The molecule has 0 spiro atoms. The Kier molecular flexibility index (Phi) is 5.61. The Hall–Kier alpha value is -4.01. The Morgan fingerprint density at radius 3 is 2.38 bits per heavy atom. The minimum absolute atomic E-state index is 0.345. The van der Waals surface area contributed by atoms with Crippen molar-refractivity contribution in [2.45, 2.75) is 19.5 Å². The maximum absolute atomic E-state index is 13.1. The molecule has 0 radical (unpaired) electrons. The third-order valence-electron chi connectivity index (χ3n) is 6.27. The number of carbonyl (C=O) groups is 2. The molecule has 0 aliphatic carbocycles. The summed E-state index contributed by atoms with van der Waals surface area (Å²) in [5, 5.41) is 25.8. The van der Waals surface area contributed by atoms with E-state index in [0.29, 0.717) is 27.6 Å². The second-order valence-electron chi connectivity index (χ2n) is 8.15. The molecule has 8 heteroatoms. The van der Waals surface area contributed by atoms with Crippen LogP contribution in [0.15, 0.2) is 65.9 Å². The summed E-state index contributed by atoms with van der Waals surface area (Å²) in [6.45, 7) is 1.92. The van der Waals surface area contributed by atoms with Crippen LogP contribution in [0.5, 0.6) is 0 Å². The van der Waals surface area contributed by atoms with Gasteiger partial charge in [-0.05, 0) is 31.2 Å². The number of benzene rings is 3. The highest BCUT2D eigenvalue weighted by Crippen LogP contribution is 2.35. The number of imide groups is 1. The van der Waals surface area contributed by atoms with Gasteiger partial charge in [-0.25, -0.2) is 0 Å². The molecule has 1 aromatic heterocycles. The molecule has 172 valence electrons. The highest BCUT2D eigenvalue weighted by molar-refractivity contribution is 6.27. The number of rotatable bonds is 7.